The molecule has 34 heavy (non-hydrogen) atoms. The van der Waals surface area contributed by atoms with Crippen LogP contribution in [0.3, 0.4) is 0 Å². The quantitative estimate of drug-likeness (QED) is 0.336. The second-order valence-corrected chi connectivity index (χ2v) is 11.2. The molecule has 1 unspecified atom stereocenters. The number of aryl methyl sites for hydroxylation is 1. The molecule has 0 saturated carbocycles. The number of carbonyl (C=O) groups excluding carboxylic acids is 3. The van der Waals surface area contributed by atoms with Crippen molar-refractivity contribution in [3.8, 4) is 0 Å². The van der Waals surface area contributed by atoms with Gasteiger partial charge in [-0.25, -0.2) is 4.98 Å². The number of nitrogens with zero attached hydrogens (tertiary/aromatic N) is 1. The van der Waals surface area contributed by atoms with Gasteiger partial charge < -0.3 is 9.84 Å². The minimum Gasteiger partial charge on any atom is -0.457 e. The summed E-state index contributed by atoms with van der Waals surface area (Å²) < 4.78 is 5.79. The molecule has 1 aliphatic heterocycles. The third-order valence-corrected chi connectivity index (χ3v) is 7.61. The van der Waals surface area contributed by atoms with Crippen LogP contribution < -0.4 is 0 Å². The number of hydrogen-bond acceptors (Lipinski definition) is 7. The smallest absolute Gasteiger partial charge is 0.309 e. The summed E-state index contributed by atoms with van der Waals surface area (Å²) in [5, 5.41) is 13.7. The van der Waals surface area contributed by atoms with Gasteiger partial charge in [-0.15, -0.1) is 11.3 Å². The Morgan fingerprint density at radius 3 is 2.53 bits per heavy atom. The van der Waals surface area contributed by atoms with Crippen LogP contribution >= 0.6 is 11.3 Å². The Hall–Kier alpha value is -2.12. The van der Waals surface area contributed by atoms with Gasteiger partial charge in [0, 0.05) is 17.7 Å². The molecule has 0 bridgehead atoms. The molecule has 0 aliphatic carbocycles. The summed E-state index contributed by atoms with van der Waals surface area (Å²) in [6.45, 7) is 12.5. The van der Waals surface area contributed by atoms with Crippen LogP contribution in [0.15, 0.2) is 22.6 Å². The summed E-state index contributed by atoms with van der Waals surface area (Å²) in [6.07, 6.45) is 4.79. The molecule has 2 rings (SSSR count). The van der Waals surface area contributed by atoms with Gasteiger partial charge in [-0.2, -0.15) is 0 Å². The standard InChI is InChI=1S/C27H39NO5S/c1-16-9-8-10-17(2)25(31)19(4)26(32)27(6,7)23(29)14-24(30)33-22(12-11-16)18(3)13-21-15-34-20(5)28-21/h11,13,15,17,19,22-23,29H,8-10,12,14H2,1-7H3/b16-11-,18-13+/t17-,19+,22?,23-/m0/s1. The van der Waals surface area contributed by atoms with Crippen LogP contribution in [0, 0.1) is 24.2 Å². The van der Waals surface area contributed by atoms with E-state index in [2.05, 4.69) is 11.1 Å². The number of esters is 1. The molecule has 0 saturated heterocycles. The first-order chi connectivity index (χ1) is 15.8. The summed E-state index contributed by atoms with van der Waals surface area (Å²) in [7, 11) is 0. The van der Waals surface area contributed by atoms with Crippen molar-refractivity contribution in [2.24, 2.45) is 17.3 Å². The molecule has 0 radical (unpaired) electrons. The lowest BCUT2D eigenvalue weighted by Gasteiger charge is -2.32. The lowest BCUT2D eigenvalue weighted by atomic mass is 9.73. The van der Waals surface area contributed by atoms with Crippen molar-refractivity contribution < 1.29 is 24.2 Å². The average molecular weight is 490 g/mol. The molecular weight excluding hydrogens is 450 g/mol. The fraction of sp³-hybridized carbons (Fsp3) is 0.630. The maximum absolute atomic E-state index is 13.1. The zero-order chi connectivity index (χ0) is 25.6. The highest BCUT2D eigenvalue weighted by Crippen LogP contribution is 2.31. The Balaban J connectivity index is 2.34. The van der Waals surface area contributed by atoms with E-state index >= 15 is 0 Å². The van der Waals surface area contributed by atoms with E-state index in [1.54, 1.807) is 32.1 Å². The van der Waals surface area contributed by atoms with Crippen molar-refractivity contribution in [2.75, 3.05) is 0 Å². The van der Waals surface area contributed by atoms with Crippen molar-refractivity contribution in [3.05, 3.63) is 33.3 Å². The first kappa shape index (κ1) is 28.1. The van der Waals surface area contributed by atoms with Gasteiger partial charge in [-0.3, -0.25) is 14.4 Å². The summed E-state index contributed by atoms with van der Waals surface area (Å²) in [5.74, 6) is -2.11. The Bertz CT molecular complexity index is 958. The van der Waals surface area contributed by atoms with E-state index in [-0.39, 0.29) is 23.9 Å². The normalized spacial score (nSPS) is 29.9. The molecule has 4 atom stereocenters. The monoisotopic (exact) mass is 489 g/mol. The molecule has 0 fully saturated rings. The van der Waals surface area contributed by atoms with Crippen LogP contribution in [0.25, 0.3) is 6.08 Å². The summed E-state index contributed by atoms with van der Waals surface area (Å²) in [6, 6.07) is 0. The SMILES string of the molecule is C/C1=C/CC(/C(C)=C/c2csc(C)n2)OC(=O)C[C@H](O)C(C)(C)C(=O)[C@H](C)C(=O)[C@@H](C)CCC1. The number of allylic oxidation sites excluding steroid dienone is 1. The average Bonchev–Trinajstić information content (AvgIpc) is 3.18. The largest absolute Gasteiger partial charge is 0.457 e. The predicted octanol–water partition coefficient (Wildman–Crippen LogP) is 5.47. The number of aliphatic hydroxyl groups excluding tert-OH is 1. The number of cyclic esters (lactones) is 1. The van der Waals surface area contributed by atoms with E-state index in [4.69, 9.17) is 4.74 Å². The highest BCUT2D eigenvalue weighted by Gasteiger charge is 2.42. The number of rotatable bonds is 2. The van der Waals surface area contributed by atoms with Gasteiger partial charge in [0.2, 0.25) is 0 Å². The second kappa shape index (κ2) is 12.0. The molecule has 0 aromatic carbocycles. The Morgan fingerprint density at radius 1 is 1.24 bits per heavy atom. The Morgan fingerprint density at radius 2 is 1.91 bits per heavy atom. The second-order valence-electron chi connectivity index (χ2n) is 10.2. The molecule has 1 N–H and O–H groups in total. The summed E-state index contributed by atoms with van der Waals surface area (Å²) >= 11 is 1.56. The van der Waals surface area contributed by atoms with E-state index in [0.717, 1.165) is 34.7 Å². The number of ether oxygens (including phenoxy) is 1. The van der Waals surface area contributed by atoms with Crippen molar-refractivity contribution >= 4 is 34.9 Å². The zero-order valence-corrected chi connectivity index (χ0v) is 22.3. The highest BCUT2D eigenvalue weighted by molar-refractivity contribution is 7.09. The van der Waals surface area contributed by atoms with Crippen LogP contribution in [0.1, 0.15) is 84.3 Å². The van der Waals surface area contributed by atoms with Crippen molar-refractivity contribution in [2.45, 2.75) is 92.8 Å². The van der Waals surface area contributed by atoms with Gasteiger partial charge >= 0.3 is 5.97 Å². The van der Waals surface area contributed by atoms with E-state index < -0.39 is 29.5 Å². The number of hydrogen-bond donors (Lipinski definition) is 1. The Labute approximate surface area is 207 Å². The third-order valence-electron chi connectivity index (χ3n) is 6.82. The lowest BCUT2D eigenvalue weighted by Crippen LogP contribution is -2.44. The number of ketones is 2. The van der Waals surface area contributed by atoms with Crippen molar-refractivity contribution in [3.63, 3.8) is 0 Å². The highest BCUT2D eigenvalue weighted by atomic mass is 32.1. The van der Waals surface area contributed by atoms with Gasteiger partial charge in [-0.05, 0) is 58.6 Å². The third kappa shape index (κ3) is 7.44. The zero-order valence-electron chi connectivity index (χ0n) is 21.5. The molecule has 1 aliphatic rings. The number of Topliss-reactive ketones (excluding diaryl/α,β-unsaturated/α-hetero) is 2. The first-order valence-electron chi connectivity index (χ1n) is 12.0. The fourth-order valence-electron chi connectivity index (χ4n) is 4.24. The number of aliphatic hydroxyl groups is 1. The molecule has 6 nitrogen and oxygen atoms in total. The van der Waals surface area contributed by atoms with E-state index in [0.29, 0.717) is 12.8 Å². The van der Waals surface area contributed by atoms with Gasteiger partial charge in [0.1, 0.15) is 11.9 Å². The van der Waals surface area contributed by atoms with Crippen LogP contribution in [-0.2, 0) is 19.1 Å². The molecular formula is C27H39NO5S. The van der Waals surface area contributed by atoms with E-state index in [1.165, 1.54) is 0 Å². The van der Waals surface area contributed by atoms with Gasteiger partial charge in [-0.1, -0.05) is 32.4 Å². The van der Waals surface area contributed by atoms with Crippen LogP contribution in [-0.4, -0.2) is 39.8 Å². The molecule has 2 heterocycles. The van der Waals surface area contributed by atoms with Gasteiger partial charge in [0.15, 0.2) is 5.78 Å². The van der Waals surface area contributed by atoms with Crippen LogP contribution in [0.5, 0.6) is 0 Å². The number of carbonyl (C=O) groups is 3. The van der Waals surface area contributed by atoms with E-state index in [9.17, 15) is 19.5 Å². The molecule has 1 aromatic rings. The van der Waals surface area contributed by atoms with Crippen molar-refractivity contribution in [1.29, 1.82) is 0 Å². The first-order valence-corrected chi connectivity index (χ1v) is 12.9. The predicted molar refractivity (Wildman–Crippen MR) is 135 cm³/mol. The maximum atomic E-state index is 13.1. The number of aromatic nitrogens is 1. The molecule has 0 amide bonds. The van der Waals surface area contributed by atoms with Crippen LogP contribution in [0.4, 0.5) is 0 Å². The minimum absolute atomic E-state index is 0.111. The summed E-state index contributed by atoms with van der Waals surface area (Å²) in [5.41, 5.74) is 1.60. The fourth-order valence-corrected chi connectivity index (χ4v) is 4.81. The molecule has 0 spiro atoms. The minimum atomic E-state index is -1.26. The summed E-state index contributed by atoms with van der Waals surface area (Å²) in [4.78, 5) is 43.2. The lowest BCUT2D eigenvalue weighted by molar-refractivity contribution is -0.153. The molecule has 188 valence electrons. The van der Waals surface area contributed by atoms with Crippen LogP contribution in [0.2, 0.25) is 0 Å². The van der Waals surface area contributed by atoms with Gasteiger partial charge in [0.25, 0.3) is 0 Å². The maximum Gasteiger partial charge on any atom is 0.309 e. The van der Waals surface area contributed by atoms with E-state index in [1.807, 2.05) is 39.2 Å². The van der Waals surface area contributed by atoms with Crippen molar-refractivity contribution in [1.82, 2.24) is 4.98 Å². The topological polar surface area (TPSA) is 93.6 Å². The number of thiazole rings is 1. The van der Waals surface area contributed by atoms with Gasteiger partial charge in [0.05, 0.1) is 34.6 Å². The molecule has 7 heteroatoms. The molecule has 1 aromatic heterocycles. The Kier molecular flexibility index (Phi) is 9.95.